The Labute approximate surface area is 123 Å². The fourth-order valence-electron chi connectivity index (χ4n) is 1.76. The number of amides is 1. The zero-order chi connectivity index (χ0) is 15.0. The van der Waals surface area contributed by atoms with Crippen LogP contribution in [-0.4, -0.2) is 53.0 Å². The van der Waals surface area contributed by atoms with E-state index in [1.165, 1.54) is 0 Å². The van der Waals surface area contributed by atoms with E-state index in [4.69, 9.17) is 5.11 Å². The summed E-state index contributed by atoms with van der Waals surface area (Å²) in [5, 5.41) is 10.8. The zero-order valence-electron chi connectivity index (χ0n) is 11.6. The first-order valence-corrected chi connectivity index (χ1v) is 7.30. The lowest BCUT2D eigenvalue weighted by Crippen LogP contribution is -2.41. The SMILES string of the molecule is C=CCN(Cc1cccs1)C(=O)CN(CC)CC(=O)O. The number of hydrogen-bond donors (Lipinski definition) is 1. The lowest BCUT2D eigenvalue weighted by molar-refractivity contribution is -0.139. The molecular formula is C14H20N2O3S. The van der Waals surface area contributed by atoms with Gasteiger partial charge in [0.05, 0.1) is 19.6 Å². The molecule has 0 saturated carbocycles. The van der Waals surface area contributed by atoms with Crippen molar-refractivity contribution in [3.63, 3.8) is 0 Å². The summed E-state index contributed by atoms with van der Waals surface area (Å²) in [6, 6.07) is 3.92. The van der Waals surface area contributed by atoms with E-state index < -0.39 is 5.97 Å². The van der Waals surface area contributed by atoms with Crippen molar-refractivity contribution in [2.75, 3.05) is 26.2 Å². The number of carboxylic acid groups (broad SMARTS) is 1. The molecule has 0 aliphatic heterocycles. The Bertz CT molecular complexity index is 445. The van der Waals surface area contributed by atoms with E-state index in [0.29, 0.717) is 19.6 Å². The first-order valence-electron chi connectivity index (χ1n) is 6.42. The first kappa shape index (κ1) is 16.4. The Morgan fingerprint density at radius 1 is 1.45 bits per heavy atom. The molecule has 1 heterocycles. The Kier molecular flexibility index (Phi) is 6.97. The molecule has 0 unspecified atom stereocenters. The van der Waals surface area contributed by atoms with Crippen LogP contribution in [0.1, 0.15) is 11.8 Å². The summed E-state index contributed by atoms with van der Waals surface area (Å²) < 4.78 is 0. The van der Waals surface area contributed by atoms with Crippen LogP contribution in [0.25, 0.3) is 0 Å². The molecule has 1 aromatic rings. The van der Waals surface area contributed by atoms with Crippen LogP contribution in [0.2, 0.25) is 0 Å². The molecule has 5 nitrogen and oxygen atoms in total. The van der Waals surface area contributed by atoms with Crippen LogP contribution in [-0.2, 0) is 16.1 Å². The number of nitrogens with zero attached hydrogens (tertiary/aromatic N) is 2. The fraction of sp³-hybridized carbons (Fsp3) is 0.429. The van der Waals surface area contributed by atoms with Crippen molar-refractivity contribution in [2.45, 2.75) is 13.5 Å². The lowest BCUT2D eigenvalue weighted by atomic mass is 10.3. The van der Waals surface area contributed by atoms with E-state index in [2.05, 4.69) is 6.58 Å². The maximum absolute atomic E-state index is 12.3. The largest absolute Gasteiger partial charge is 0.480 e. The Balaban J connectivity index is 2.62. The average Bonchev–Trinajstić information content (AvgIpc) is 2.89. The predicted octanol–water partition coefficient (Wildman–Crippen LogP) is 1.67. The maximum atomic E-state index is 12.3. The van der Waals surface area contributed by atoms with Gasteiger partial charge in [0.15, 0.2) is 0 Å². The molecule has 1 N–H and O–H groups in total. The Hall–Kier alpha value is -1.66. The van der Waals surface area contributed by atoms with Gasteiger partial charge in [0, 0.05) is 11.4 Å². The maximum Gasteiger partial charge on any atom is 0.317 e. The van der Waals surface area contributed by atoms with E-state index in [-0.39, 0.29) is 19.0 Å². The zero-order valence-corrected chi connectivity index (χ0v) is 12.4. The summed E-state index contributed by atoms with van der Waals surface area (Å²) in [6.07, 6.45) is 1.68. The topological polar surface area (TPSA) is 60.9 Å². The molecule has 20 heavy (non-hydrogen) atoms. The van der Waals surface area contributed by atoms with E-state index in [9.17, 15) is 9.59 Å². The molecule has 6 heteroatoms. The van der Waals surface area contributed by atoms with Crippen molar-refractivity contribution in [3.05, 3.63) is 35.0 Å². The lowest BCUT2D eigenvalue weighted by Gasteiger charge is -2.24. The molecule has 0 bridgehead atoms. The highest BCUT2D eigenvalue weighted by atomic mass is 32.1. The molecule has 0 saturated heterocycles. The van der Waals surface area contributed by atoms with Gasteiger partial charge in [0.1, 0.15) is 0 Å². The van der Waals surface area contributed by atoms with Gasteiger partial charge in [-0.3, -0.25) is 14.5 Å². The van der Waals surface area contributed by atoms with Gasteiger partial charge in [-0.25, -0.2) is 0 Å². The molecule has 110 valence electrons. The fourth-order valence-corrected chi connectivity index (χ4v) is 2.48. The Morgan fingerprint density at radius 3 is 2.70 bits per heavy atom. The van der Waals surface area contributed by atoms with E-state index in [1.54, 1.807) is 27.2 Å². The molecule has 0 fully saturated rings. The summed E-state index contributed by atoms with van der Waals surface area (Å²) in [7, 11) is 0. The van der Waals surface area contributed by atoms with Gasteiger partial charge in [0.25, 0.3) is 0 Å². The Morgan fingerprint density at radius 2 is 2.20 bits per heavy atom. The standard InChI is InChI=1S/C14H20N2O3S/c1-3-7-16(9-12-6-5-8-20-12)13(17)10-15(4-2)11-14(18)19/h3,5-6,8H,1,4,7,9-11H2,2H3,(H,18,19). The highest BCUT2D eigenvalue weighted by molar-refractivity contribution is 7.09. The van der Waals surface area contributed by atoms with Gasteiger partial charge >= 0.3 is 5.97 Å². The molecule has 1 amide bonds. The molecule has 0 atom stereocenters. The quantitative estimate of drug-likeness (QED) is 0.704. The third kappa shape index (κ3) is 5.54. The van der Waals surface area contributed by atoms with E-state index in [1.807, 2.05) is 24.4 Å². The van der Waals surface area contributed by atoms with Gasteiger partial charge in [0.2, 0.25) is 5.91 Å². The monoisotopic (exact) mass is 296 g/mol. The number of thiophene rings is 1. The van der Waals surface area contributed by atoms with E-state index in [0.717, 1.165) is 4.88 Å². The second-order valence-corrected chi connectivity index (χ2v) is 5.37. The smallest absolute Gasteiger partial charge is 0.317 e. The van der Waals surface area contributed by atoms with Crippen molar-refractivity contribution in [1.29, 1.82) is 0 Å². The van der Waals surface area contributed by atoms with Crippen LogP contribution < -0.4 is 0 Å². The summed E-state index contributed by atoms with van der Waals surface area (Å²) in [4.78, 5) is 27.4. The highest BCUT2D eigenvalue weighted by Crippen LogP contribution is 2.12. The second kappa shape index (κ2) is 8.50. The van der Waals surface area contributed by atoms with Crippen molar-refractivity contribution in [2.24, 2.45) is 0 Å². The van der Waals surface area contributed by atoms with Gasteiger partial charge in [-0.15, -0.1) is 17.9 Å². The third-order valence-electron chi connectivity index (χ3n) is 2.79. The van der Waals surface area contributed by atoms with E-state index >= 15 is 0 Å². The number of carbonyl (C=O) groups is 2. The molecule has 0 spiro atoms. The number of carbonyl (C=O) groups excluding carboxylic acids is 1. The van der Waals surface area contributed by atoms with Gasteiger partial charge in [-0.2, -0.15) is 0 Å². The van der Waals surface area contributed by atoms with Gasteiger partial charge in [-0.05, 0) is 18.0 Å². The van der Waals surface area contributed by atoms with Crippen LogP contribution >= 0.6 is 11.3 Å². The molecule has 0 aliphatic carbocycles. The summed E-state index contributed by atoms with van der Waals surface area (Å²) in [5.41, 5.74) is 0. The third-order valence-corrected chi connectivity index (χ3v) is 3.66. The number of hydrogen-bond acceptors (Lipinski definition) is 4. The van der Waals surface area contributed by atoms with Gasteiger partial charge < -0.3 is 10.0 Å². The van der Waals surface area contributed by atoms with Crippen LogP contribution in [0.5, 0.6) is 0 Å². The predicted molar refractivity (Wildman–Crippen MR) is 79.7 cm³/mol. The normalized spacial score (nSPS) is 10.5. The summed E-state index contributed by atoms with van der Waals surface area (Å²) in [5.74, 6) is -1.01. The van der Waals surface area contributed by atoms with Crippen LogP contribution in [0.3, 0.4) is 0 Å². The molecular weight excluding hydrogens is 276 g/mol. The number of carboxylic acids is 1. The van der Waals surface area contributed by atoms with Crippen molar-refractivity contribution >= 4 is 23.2 Å². The molecule has 1 aromatic heterocycles. The number of likely N-dealkylation sites (N-methyl/N-ethyl adjacent to an activating group) is 1. The van der Waals surface area contributed by atoms with Crippen LogP contribution in [0.15, 0.2) is 30.2 Å². The minimum absolute atomic E-state index is 0.0820. The minimum atomic E-state index is -0.923. The van der Waals surface area contributed by atoms with Crippen molar-refractivity contribution in [3.8, 4) is 0 Å². The summed E-state index contributed by atoms with van der Waals surface area (Å²) in [6.45, 7) is 7.01. The molecule has 1 rings (SSSR count). The first-order chi connectivity index (χ1) is 9.56. The average molecular weight is 296 g/mol. The van der Waals surface area contributed by atoms with Crippen molar-refractivity contribution in [1.82, 2.24) is 9.80 Å². The molecule has 0 aromatic carbocycles. The minimum Gasteiger partial charge on any atom is -0.480 e. The van der Waals surface area contributed by atoms with Crippen molar-refractivity contribution < 1.29 is 14.7 Å². The summed E-state index contributed by atoms with van der Waals surface area (Å²) >= 11 is 1.59. The highest BCUT2D eigenvalue weighted by Gasteiger charge is 2.17. The molecule has 0 aliphatic rings. The van der Waals surface area contributed by atoms with Gasteiger partial charge in [-0.1, -0.05) is 19.1 Å². The second-order valence-electron chi connectivity index (χ2n) is 4.34. The number of rotatable bonds is 9. The molecule has 0 radical (unpaired) electrons. The van der Waals surface area contributed by atoms with Crippen LogP contribution in [0, 0.1) is 0 Å². The van der Waals surface area contributed by atoms with Crippen LogP contribution in [0.4, 0.5) is 0 Å². The number of aliphatic carboxylic acids is 1.